The highest BCUT2D eigenvalue weighted by Crippen LogP contribution is 2.16. The number of hydrogen-bond donors (Lipinski definition) is 2. The summed E-state index contributed by atoms with van der Waals surface area (Å²) >= 11 is 0. The summed E-state index contributed by atoms with van der Waals surface area (Å²) in [4.78, 5) is 16.2. The number of carbonyl (C=O) groups is 1. The van der Waals surface area contributed by atoms with Gasteiger partial charge in [0.1, 0.15) is 12.1 Å². The second-order valence-corrected chi connectivity index (χ2v) is 7.19. The molecule has 1 heterocycles. The minimum atomic E-state index is -0.515. The van der Waals surface area contributed by atoms with E-state index in [1.807, 2.05) is 69.8 Å². The summed E-state index contributed by atoms with van der Waals surface area (Å²) in [6.07, 6.45) is 3.66. The second-order valence-electron chi connectivity index (χ2n) is 7.19. The monoisotopic (exact) mass is 499 g/mol. The molecule has 1 atom stereocenters. The van der Waals surface area contributed by atoms with Crippen molar-refractivity contribution in [2.24, 2.45) is 4.99 Å². The molecule has 0 aliphatic heterocycles. The third-order valence-electron chi connectivity index (χ3n) is 3.62. The number of aliphatic imine (C=N–C) groups is 1. The van der Waals surface area contributed by atoms with Crippen LogP contribution in [-0.2, 0) is 9.53 Å². The lowest BCUT2D eigenvalue weighted by Gasteiger charge is -2.20. The quantitative estimate of drug-likeness (QED) is 0.276. The van der Waals surface area contributed by atoms with Crippen molar-refractivity contribution in [2.75, 3.05) is 13.1 Å². The van der Waals surface area contributed by atoms with E-state index in [-0.39, 0.29) is 42.5 Å². The van der Waals surface area contributed by atoms with Gasteiger partial charge in [-0.25, -0.2) is 9.67 Å². The lowest BCUT2D eigenvalue weighted by Crippen LogP contribution is -2.39. The van der Waals surface area contributed by atoms with Crippen LogP contribution in [0.2, 0.25) is 0 Å². The van der Waals surface area contributed by atoms with Gasteiger partial charge >= 0.3 is 5.97 Å². The Balaban J connectivity index is 0.00000392. The third kappa shape index (κ3) is 7.87. The molecule has 0 bridgehead atoms. The molecule has 0 saturated carbocycles. The Kier molecular flexibility index (Phi) is 9.44. The standard InChI is InChI=1S/C20H29N5O2.HI/c1-6-21-19(22-14-18(26)27-20(3,4)5)24-15(2)16-9-7-10-17(13-16)25-12-8-11-23-25;/h7-13,15H,6,14H2,1-5H3,(H2,21,22,24);1H. The van der Waals surface area contributed by atoms with Gasteiger partial charge in [0.05, 0.1) is 11.7 Å². The molecule has 1 unspecified atom stereocenters. The van der Waals surface area contributed by atoms with Crippen molar-refractivity contribution in [2.45, 2.75) is 46.3 Å². The summed E-state index contributed by atoms with van der Waals surface area (Å²) in [5, 5.41) is 10.7. The van der Waals surface area contributed by atoms with Crippen LogP contribution in [0.4, 0.5) is 0 Å². The topological polar surface area (TPSA) is 80.5 Å². The Morgan fingerprint density at radius 3 is 2.68 bits per heavy atom. The first-order chi connectivity index (χ1) is 12.8. The molecule has 2 rings (SSSR count). The fourth-order valence-corrected chi connectivity index (χ4v) is 2.48. The molecule has 2 N–H and O–H groups in total. The van der Waals surface area contributed by atoms with Crippen LogP contribution in [-0.4, -0.2) is 40.4 Å². The van der Waals surface area contributed by atoms with Gasteiger partial charge in [0.15, 0.2) is 5.96 Å². The van der Waals surface area contributed by atoms with E-state index in [2.05, 4.69) is 26.8 Å². The van der Waals surface area contributed by atoms with E-state index in [0.29, 0.717) is 12.5 Å². The molecule has 7 nitrogen and oxygen atoms in total. The van der Waals surface area contributed by atoms with Gasteiger partial charge in [-0.15, -0.1) is 24.0 Å². The van der Waals surface area contributed by atoms with Crippen molar-refractivity contribution >= 4 is 35.9 Å². The largest absolute Gasteiger partial charge is 0.459 e. The maximum atomic E-state index is 11.9. The van der Waals surface area contributed by atoms with E-state index in [0.717, 1.165) is 11.3 Å². The van der Waals surface area contributed by atoms with Crippen LogP contribution in [0.15, 0.2) is 47.7 Å². The van der Waals surface area contributed by atoms with Crippen molar-refractivity contribution in [3.05, 3.63) is 48.3 Å². The number of carbonyl (C=O) groups excluding carboxylic acids is 1. The number of nitrogens with one attached hydrogen (secondary N) is 2. The second kappa shape index (κ2) is 11.0. The summed E-state index contributed by atoms with van der Waals surface area (Å²) in [6.45, 7) is 10.2. The molecule has 0 aliphatic carbocycles. The number of hydrogen-bond acceptors (Lipinski definition) is 4. The molecule has 0 spiro atoms. The molecular weight excluding hydrogens is 469 g/mol. The Morgan fingerprint density at radius 2 is 2.07 bits per heavy atom. The van der Waals surface area contributed by atoms with Crippen LogP contribution < -0.4 is 10.6 Å². The number of halogens is 1. The number of guanidine groups is 1. The number of aromatic nitrogens is 2. The molecule has 28 heavy (non-hydrogen) atoms. The van der Waals surface area contributed by atoms with Gasteiger partial charge in [0, 0.05) is 18.9 Å². The van der Waals surface area contributed by atoms with Gasteiger partial charge in [-0.2, -0.15) is 5.10 Å². The van der Waals surface area contributed by atoms with E-state index in [4.69, 9.17) is 4.74 Å². The van der Waals surface area contributed by atoms with Crippen molar-refractivity contribution < 1.29 is 9.53 Å². The third-order valence-corrected chi connectivity index (χ3v) is 3.62. The predicted octanol–water partition coefficient (Wildman–Crippen LogP) is 3.45. The van der Waals surface area contributed by atoms with E-state index in [1.165, 1.54) is 0 Å². The molecule has 0 aliphatic rings. The van der Waals surface area contributed by atoms with Gasteiger partial charge in [-0.1, -0.05) is 12.1 Å². The van der Waals surface area contributed by atoms with Crippen LogP contribution in [0.3, 0.4) is 0 Å². The van der Waals surface area contributed by atoms with Crippen molar-refractivity contribution in [3.63, 3.8) is 0 Å². The number of nitrogens with zero attached hydrogens (tertiary/aromatic N) is 3. The molecule has 0 radical (unpaired) electrons. The van der Waals surface area contributed by atoms with Gasteiger partial charge in [-0.3, -0.25) is 4.79 Å². The fraction of sp³-hybridized carbons (Fsp3) is 0.450. The molecule has 154 valence electrons. The molecule has 8 heteroatoms. The maximum absolute atomic E-state index is 11.9. The number of ether oxygens (including phenoxy) is 1. The van der Waals surface area contributed by atoms with E-state index < -0.39 is 5.60 Å². The van der Waals surface area contributed by atoms with Crippen LogP contribution in [0.5, 0.6) is 0 Å². The summed E-state index contributed by atoms with van der Waals surface area (Å²) in [5.74, 6) is 0.216. The minimum Gasteiger partial charge on any atom is -0.459 e. The van der Waals surface area contributed by atoms with Gasteiger partial charge in [0.25, 0.3) is 0 Å². The first kappa shape index (κ1) is 23.9. The SMILES string of the molecule is CCNC(=NCC(=O)OC(C)(C)C)NC(C)c1cccc(-n2cccn2)c1.I. The predicted molar refractivity (Wildman–Crippen MR) is 122 cm³/mol. The zero-order valence-corrected chi connectivity index (χ0v) is 19.4. The zero-order chi connectivity index (χ0) is 19.9. The van der Waals surface area contributed by atoms with E-state index >= 15 is 0 Å². The normalized spacial score (nSPS) is 12.7. The van der Waals surface area contributed by atoms with Gasteiger partial charge < -0.3 is 15.4 Å². The van der Waals surface area contributed by atoms with Crippen molar-refractivity contribution in [3.8, 4) is 5.69 Å². The highest BCUT2D eigenvalue weighted by atomic mass is 127. The molecule has 1 aromatic carbocycles. The fourth-order valence-electron chi connectivity index (χ4n) is 2.48. The Hall–Kier alpha value is -2.10. The van der Waals surface area contributed by atoms with Crippen LogP contribution in [0.25, 0.3) is 5.69 Å². The Bertz CT molecular complexity index is 769. The highest BCUT2D eigenvalue weighted by molar-refractivity contribution is 14.0. The summed E-state index contributed by atoms with van der Waals surface area (Å²) in [7, 11) is 0. The average molecular weight is 499 g/mol. The maximum Gasteiger partial charge on any atom is 0.328 e. The number of benzene rings is 1. The summed E-state index contributed by atoms with van der Waals surface area (Å²) in [5.41, 5.74) is 1.56. The highest BCUT2D eigenvalue weighted by Gasteiger charge is 2.16. The Labute approximate surface area is 184 Å². The molecule has 2 aromatic rings. The first-order valence-electron chi connectivity index (χ1n) is 9.15. The van der Waals surface area contributed by atoms with Crippen molar-refractivity contribution in [1.29, 1.82) is 0 Å². The number of esters is 1. The lowest BCUT2D eigenvalue weighted by atomic mass is 10.1. The van der Waals surface area contributed by atoms with Crippen LogP contribution in [0, 0.1) is 0 Å². The molecular formula is C20H30IN5O2. The minimum absolute atomic E-state index is 0. The summed E-state index contributed by atoms with van der Waals surface area (Å²) in [6, 6.07) is 10.0. The smallest absolute Gasteiger partial charge is 0.328 e. The Morgan fingerprint density at radius 1 is 1.32 bits per heavy atom. The molecule has 0 fully saturated rings. The first-order valence-corrected chi connectivity index (χ1v) is 9.15. The van der Waals surface area contributed by atoms with Gasteiger partial charge in [0.2, 0.25) is 0 Å². The summed E-state index contributed by atoms with van der Waals surface area (Å²) < 4.78 is 7.12. The van der Waals surface area contributed by atoms with Crippen molar-refractivity contribution in [1.82, 2.24) is 20.4 Å². The number of rotatable bonds is 6. The molecule has 0 saturated heterocycles. The molecule has 1 aromatic heterocycles. The lowest BCUT2D eigenvalue weighted by molar-refractivity contribution is -0.152. The van der Waals surface area contributed by atoms with Crippen LogP contribution >= 0.6 is 24.0 Å². The van der Waals surface area contributed by atoms with Crippen LogP contribution in [0.1, 0.15) is 46.2 Å². The van der Waals surface area contributed by atoms with E-state index in [1.54, 1.807) is 6.20 Å². The van der Waals surface area contributed by atoms with E-state index in [9.17, 15) is 4.79 Å². The average Bonchev–Trinajstić information content (AvgIpc) is 3.13. The molecule has 0 amide bonds. The zero-order valence-electron chi connectivity index (χ0n) is 17.1. The van der Waals surface area contributed by atoms with Gasteiger partial charge in [-0.05, 0) is 58.4 Å².